The van der Waals surface area contributed by atoms with Gasteiger partial charge in [-0.05, 0) is 33.3 Å². The molecule has 4 aromatic rings. The zero-order valence-electron chi connectivity index (χ0n) is 17.4. The first-order chi connectivity index (χ1) is 13.9. The molecule has 4 rings (SSSR count). The topological polar surface area (TPSA) is 66.2 Å². The van der Waals surface area contributed by atoms with Crippen LogP contribution in [0.3, 0.4) is 0 Å². The van der Waals surface area contributed by atoms with E-state index in [0.29, 0.717) is 16.9 Å². The molecule has 1 aromatic carbocycles. The molecule has 0 aliphatic rings. The maximum absolute atomic E-state index is 13.2. The van der Waals surface area contributed by atoms with E-state index in [1.807, 2.05) is 49.4 Å². The number of benzene rings is 1. The smallest absolute Gasteiger partial charge is 0.307 e. The maximum Gasteiger partial charge on any atom is 0.332 e. The van der Waals surface area contributed by atoms with Crippen molar-refractivity contribution in [3.8, 4) is 0 Å². The summed E-state index contributed by atoms with van der Waals surface area (Å²) in [6, 6.07) is 10.2. The van der Waals surface area contributed by atoms with Crippen LogP contribution in [0.15, 0.2) is 52.1 Å². The molecule has 0 spiro atoms. The highest BCUT2D eigenvalue weighted by molar-refractivity contribution is 5.76. The molecule has 0 aliphatic heterocycles. The number of allylic oxidation sites excluding steroid dienone is 2. The molecule has 7 nitrogen and oxygen atoms in total. The predicted molar refractivity (Wildman–Crippen MR) is 115 cm³/mol. The Morgan fingerprint density at radius 3 is 2.45 bits per heavy atom. The van der Waals surface area contributed by atoms with Crippen molar-refractivity contribution in [2.24, 2.45) is 7.05 Å². The van der Waals surface area contributed by atoms with E-state index in [0.717, 1.165) is 17.0 Å². The highest BCUT2D eigenvalue weighted by Crippen LogP contribution is 2.27. The lowest BCUT2D eigenvalue weighted by atomic mass is 10.1. The van der Waals surface area contributed by atoms with E-state index in [2.05, 4.69) is 23.6 Å². The lowest BCUT2D eigenvalue weighted by molar-refractivity contribution is 0.637. The molecular formula is C22H25N5O2. The van der Waals surface area contributed by atoms with E-state index in [9.17, 15) is 9.59 Å². The van der Waals surface area contributed by atoms with Gasteiger partial charge in [0.1, 0.15) is 0 Å². The summed E-state index contributed by atoms with van der Waals surface area (Å²) in [4.78, 5) is 30.7. The van der Waals surface area contributed by atoms with Crippen molar-refractivity contribution in [1.82, 2.24) is 23.1 Å². The summed E-state index contributed by atoms with van der Waals surface area (Å²) >= 11 is 0. The van der Waals surface area contributed by atoms with Gasteiger partial charge in [-0.2, -0.15) is 4.98 Å². The lowest BCUT2D eigenvalue weighted by Gasteiger charge is -2.16. The quantitative estimate of drug-likeness (QED) is 0.503. The minimum absolute atomic E-state index is 0.0338. The molecule has 0 bridgehead atoms. The molecule has 0 N–H and O–H groups in total. The van der Waals surface area contributed by atoms with Crippen LogP contribution in [0, 0.1) is 13.8 Å². The summed E-state index contributed by atoms with van der Waals surface area (Å²) < 4.78 is 6.73. The average molecular weight is 391 g/mol. The number of aryl methyl sites for hydroxylation is 2. The molecule has 0 saturated carbocycles. The van der Waals surface area contributed by atoms with Crippen molar-refractivity contribution in [2.45, 2.75) is 40.3 Å². The normalized spacial score (nSPS) is 13.1. The number of hydrogen-bond donors (Lipinski definition) is 0. The van der Waals surface area contributed by atoms with Crippen molar-refractivity contribution >= 4 is 16.9 Å². The summed E-state index contributed by atoms with van der Waals surface area (Å²) in [5, 5.41) is 0. The van der Waals surface area contributed by atoms with Gasteiger partial charge in [-0.15, -0.1) is 0 Å². The largest absolute Gasteiger partial charge is 0.332 e. The summed E-state index contributed by atoms with van der Waals surface area (Å²) in [6.45, 7) is 8.24. The van der Waals surface area contributed by atoms with E-state index < -0.39 is 0 Å². The molecule has 7 heteroatoms. The minimum Gasteiger partial charge on any atom is -0.307 e. The minimum atomic E-state index is -0.363. The summed E-state index contributed by atoms with van der Waals surface area (Å²) in [7, 11) is 1.66. The van der Waals surface area contributed by atoms with Gasteiger partial charge in [0, 0.05) is 25.0 Å². The monoisotopic (exact) mass is 391 g/mol. The van der Waals surface area contributed by atoms with Crippen molar-refractivity contribution < 1.29 is 0 Å². The Bertz CT molecular complexity index is 1370. The van der Waals surface area contributed by atoms with Crippen molar-refractivity contribution in [3.05, 3.63) is 80.3 Å². The van der Waals surface area contributed by atoms with Crippen LogP contribution in [0.5, 0.6) is 0 Å². The summed E-state index contributed by atoms with van der Waals surface area (Å²) in [6.07, 6.45) is 3.63. The average Bonchev–Trinajstić information content (AvgIpc) is 3.22. The van der Waals surface area contributed by atoms with Gasteiger partial charge in [-0.3, -0.25) is 18.3 Å². The van der Waals surface area contributed by atoms with Crippen LogP contribution in [-0.2, 0) is 13.6 Å². The van der Waals surface area contributed by atoms with Gasteiger partial charge in [-0.1, -0.05) is 42.5 Å². The zero-order valence-corrected chi connectivity index (χ0v) is 17.4. The van der Waals surface area contributed by atoms with Gasteiger partial charge < -0.3 is 4.57 Å². The fraction of sp³-hybridized carbons (Fsp3) is 0.318. The predicted octanol–water partition coefficient (Wildman–Crippen LogP) is 2.95. The standard InChI is InChI=1S/C22H25N5O2/c1-6-7-13-25-20(28)18-19(24(5)22(25)29)23-21-26(14(2)15(3)27(18)21)16(4)17-11-9-8-10-12-17/h6-12,16H,13H2,1-5H3/b7-6+. The first kappa shape index (κ1) is 19.0. The van der Waals surface area contributed by atoms with Crippen molar-refractivity contribution in [1.29, 1.82) is 0 Å². The Morgan fingerprint density at radius 1 is 1.10 bits per heavy atom. The second-order valence-corrected chi connectivity index (χ2v) is 7.37. The third-order valence-corrected chi connectivity index (χ3v) is 5.75. The molecule has 29 heavy (non-hydrogen) atoms. The van der Waals surface area contributed by atoms with E-state index in [1.54, 1.807) is 13.1 Å². The van der Waals surface area contributed by atoms with Gasteiger partial charge in [0.05, 0.1) is 6.04 Å². The third-order valence-electron chi connectivity index (χ3n) is 5.75. The number of aromatic nitrogens is 5. The molecule has 0 saturated heterocycles. The SMILES string of the molecule is C/C=C/Cn1c(=O)c2c(nc3n(C(C)c4ccccc4)c(C)c(C)n23)n(C)c1=O. The van der Waals surface area contributed by atoms with E-state index in [1.165, 1.54) is 9.13 Å². The third kappa shape index (κ3) is 2.68. The summed E-state index contributed by atoms with van der Waals surface area (Å²) in [5.41, 5.74) is 3.30. The van der Waals surface area contributed by atoms with Crippen LogP contribution in [-0.4, -0.2) is 23.1 Å². The fourth-order valence-corrected chi connectivity index (χ4v) is 3.99. The second kappa shape index (κ2) is 6.92. The molecule has 150 valence electrons. The van der Waals surface area contributed by atoms with Crippen LogP contribution in [0.2, 0.25) is 0 Å². The van der Waals surface area contributed by atoms with Crippen LogP contribution in [0.1, 0.15) is 36.8 Å². The molecule has 1 atom stereocenters. The van der Waals surface area contributed by atoms with Crippen LogP contribution >= 0.6 is 0 Å². The molecular weight excluding hydrogens is 366 g/mol. The first-order valence-corrected chi connectivity index (χ1v) is 9.74. The second-order valence-electron chi connectivity index (χ2n) is 7.37. The van der Waals surface area contributed by atoms with E-state index in [4.69, 9.17) is 4.98 Å². The molecule has 3 aromatic heterocycles. The molecule has 0 aliphatic carbocycles. The molecule has 1 unspecified atom stereocenters. The van der Waals surface area contributed by atoms with Crippen molar-refractivity contribution in [3.63, 3.8) is 0 Å². The lowest BCUT2D eigenvalue weighted by Crippen LogP contribution is -2.39. The van der Waals surface area contributed by atoms with E-state index >= 15 is 0 Å². The number of nitrogens with zero attached hydrogens (tertiary/aromatic N) is 5. The van der Waals surface area contributed by atoms with E-state index in [-0.39, 0.29) is 23.8 Å². The van der Waals surface area contributed by atoms with Crippen molar-refractivity contribution in [2.75, 3.05) is 0 Å². The van der Waals surface area contributed by atoms with Gasteiger partial charge in [0.25, 0.3) is 5.56 Å². The Labute approximate surface area is 168 Å². The van der Waals surface area contributed by atoms with Crippen LogP contribution in [0.25, 0.3) is 16.9 Å². The Kier molecular flexibility index (Phi) is 4.53. The zero-order chi connectivity index (χ0) is 20.9. The van der Waals surface area contributed by atoms with Gasteiger partial charge >= 0.3 is 5.69 Å². The molecule has 0 fully saturated rings. The number of rotatable bonds is 4. The Morgan fingerprint density at radius 2 is 1.79 bits per heavy atom. The number of imidazole rings is 2. The van der Waals surface area contributed by atoms with Gasteiger partial charge in [0.15, 0.2) is 11.2 Å². The van der Waals surface area contributed by atoms with Gasteiger partial charge in [-0.25, -0.2) is 4.79 Å². The van der Waals surface area contributed by atoms with Crippen LogP contribution < -0.4 is 11.2 Å². The highest BCUT2D eigenvalue weighted by atomic mass is 16.2. The highest BCUT2D eigenvalue weighted by Gasteiger charge is 2.24. The first-order valence-electron chi connectivity index (χ1n) is 9.74. The number of fused-ring (bicyclic) bond motifs is 3. The molecule has 0 amide bonds. The fourth-order valence-electron chi connectivity index (χ4n) is 3.99. The number of hydrogen-bond acceptors (Lipinski definition) is 3. The Hall–Kier alpha value is -3.35. The van der Waals surface area contributed by atoms with Gasteiger partial charge in [0.2, 0.25) is 5.78 Å². The maximum atomic E-state index is 13.2. The Balaban J connectivity index is 2.10. The molecule has 0 radical (unpaired) electrons. The summed E-state index contributed by atoms with van der Waals surface area (Å²) in [5.74, 6) is 0.669. The van der Waals surface area contributed by atoms with Crippen LogP contribution in [0.4, 0.5) is 0 Å². The molecule has 3 heterocycles.